The maximum Gasteiger partial charge on any atom is 0.492 e. The van der Waals surface area contributed by atoms with E-state index in [1.165, 1.54) is 18.6 Å². The van der Waals surface area contributed by atoms with Gasteiger partial charge in [-0.2, -0.15) is 0 Å². The monoisotopic (exact) mass is 266 g/mol. The van der Waals surface area contributed by atoms with Crippen LogP contribution in [-0.4, -0.2) is 23.3 Å². The molecular formula is C14H20BFO3. The van der Waals surface area contributed by atoms with Crippen LogP contribution in [0.1, 0.15) is 39.0 Å². The molecule has 104 valence electrons. The first kappa shape index (κ1) is 14.3. The minimum absolute atomic E-state index is 0.0849. The largest absolute Gasteiger partial charge is 0.492 e. The minimum atomic E-state index is -1.71. The minimum Gasteiger partial charge on any atom is -0.491 e. The van der Waals surface area contributed by atoms with Crippen molar-refractivity contribution in [2.24, 2.45) is 5.92 Å². The van der Waals surface area contributed by atoms with Gasteiger partial charge in [0.15, 0.2) is 0 Å². The highest BCUT2D eigenvalue weighted by Crippen LogP contribution is 2.29. The standard InChI is InChI=1S/C14H20BFO3/c1-2-10-4-3-5-12(8-10)19-14-7-6-11(16)9-13(14)15(17)18/h6-7,9-10,12,17-18H,2-5,8H2,1H3. The fraction of sp³-hybridized carbons (Fsp3) is 0.571. The van der Waals surface area contributed by atoms with E-state index in [2.05, 4.69) is 6.92 Å². The molecule has 1 aromatic carbocycles. The Hall–Kier alpha value is -1.07. The van der Waals surface area contributed by atoms with Crippen LogP contribution in [0.4, 0.5) is 4.39 Å². The van der Waals surface area contributed by atoms with Crippen molar-refractivity contribution in [3.8, 4) is 5.75 Å². The molecule has 1 fully saturated rings. The molecule has 2 atom stereocenters. The lowest BCUT2D eigenvalue weighted by Gasteiger charge is -2.29. The van der Waals surface area contributed by atoms with Crippen molar-refractivity contribution in [1.29, 1.82) is 0 Å². The van der Waals surface area contributed by atoms with Crippen LogP contribution >= 0.6 is 0 Å². The van der Waals surface area contributed by atoms with Gasteiger partial charge in [0.25, 0.3) is 0 Å². The van der Waals surface area contributed by atoms with Gasteiger partial charge in [0.05, 0.1) is 6.10 Å². The highest BCUT2D eigenvalue weighted by atomic mass is 19.1. The third-order valence-electron chi connectivity index (χ3n) is 3.86. The number of ether oxygens (including phenoxy) is 1. The first-order valence-corrected chi connectivity index (χ1v) is 6.92. The highest BCUT2D eigenvalue weighted by molar-refractivity contribution is 6.59. The van der Waals surface area contributed by atoms with E-state index in [4.69, 9.17) is 4.74 Å². The van der Waals surface area contributed by atoms with E-state index in [9.17, 15) is 14.4 Å². The predicted octanol–water partition coefficient (Wildman–Crippen LogP) is 1.85. The molecule has 2 rings (SSSR count). The SMILES string of the molecule is CCC1CCCC(Oc2ccc(F)cc2B(O)O)C1. The molecule has 5 heteroatoms. The fourth-order valence-corrected chi connectivity index (χ4v) is 2.73. The van der Waals surface area contributed by atoms with Crippen molar-refractivity contribution in [3.63, 3.8) is 0 Å². The lowest BCUT2D eigenvalue weighted by molar-refractivity contribution is 0.123. The molecule has 3 nitrogen and oxygen atoms in total. The van der Waals surface area contributed by atoms with Gasteiger partial charge in [-0.3, -0.25) is 0 Å². The fourth-order valence-electron chi connectivity index (χ4n) is 2.73. The molecule has 1 saturated carbocycles. The summed E-state index contributed by atoms with van der Waals surface area (Å²) < 4.78 is 19.0. The topological polar surface area (TPSA) is 49.7 Å². The Morgan fingerprint density at radius 3 is 2.84 bits per heavy atom. The molecule has 0 aliphatic heterocycles. The molecule has 0 heterocycles. The number of hydrogen-bond donors (Lipinski definition) is 2. The van der Waals surface area contributed by atoms with Crippen molar-refractivity contribution in [2.75, 3.05) is 0 Å². The van der Waals surface area contributed by atoms with Crippen LogP contribution in [0.2, 0.25) is 0 Å². The van der Waals surface area contributed by atoms with Gasteiger partial charge >= 0.3 is 7.12 Å². The summed E-state index contributed by atoms with van der Waals surface area (Å²) in [5.74, 6) is 0.547. The van der Waals surface area contributed by atoms with Crippen LogP contribution in [0.3, 0.4) is 0 Å². The highest BCUT2D eigenvalue weighted by Gasteiger charge is 2.25. The molecular weight excluding hydrogens is 246 g/mol. The summed E-state index contributed by atoms with van der Waals surface area (Å²) in [5, 5.41) is 18.5. The quantitative estimate of drug-likeness (QED) is 0.818. The lowest BCUT2D eigenvalue weighted by atomic mass is 9.79. The second-order valence-electron chi connectivity index (χ2n) is 5.24. The summed E-state index contributed by atoms with van der Waals surface area (Å²) >= 11 is 0. The summed E-state index contributed by atoms with van der Waals surface area (Å²) in [6.45, 7) is 2.17. The normalized spacial score (nSPS) is 23.2. The first-order chi connectivity index (χ1) is 9.10. The van der Waals surface area contributed by atoms with Gasteiger partial charge in [0.2, 0.25) is 0 Å². The maximum atomic E-state index is 13.1. The summed E-state index contributed by atoms with van der Waals surface area (Å²) in [6.07, 6.45) is 5.53. The number of hydrogen-bond acceptors (Lipinski definition) is 3. The number of benzene rings is 1. The third kappa shape index (κ3) is 3.70. The zero-order chi connectivity index (χ0) is 13.8. The van der Waals surface area contributed by atoms with Crippen molar-refractivity contribution >= 4 is 12.6 Å². The molecule has 1 aromatic rings. The predicted molar refractivity (Wildman–Crippen MR) is 72.9 cm³/mol. The van der Waals surface area contributed by atoms with Crippen molar-refractivity contribution < 1.29 is 19.2 Å². The van der Waals surface area contributed by atoms with Crippen LogP contribution in [0.5, 0.6) is 5.75 Å². The van der Waals surface area contributed by atoms with Crippen LogP contribution < -0.4 is 10.2 Å². The first-order valence-electron chi connectivity index (χ1n) is 6.92. The van der Waals surface area contributed by atoms with Gasteiger partial charge in [-0.15, -0.1) is 0 Å². The van der Waals surface area contributed by atoms with Gasteiger partial charge in [-0.1, -0.05) is 19.8 Å². The molecule has 19 heavy (non-hydrogen) atoms. The van der Waals surface area contributed by atoms with E-state index < -0.39 is 12.9 Å². The van der Waals surface area contributed by atoms with Gasteiger partial charge in [-0.05, 0) is 43.4 Å². The zero-order valence-electron chi connectivity index (χ0n) is 11.2. The summed E-state index contributed by atoms with van der Waals surface area (Å²) in [4.78, 5) is 0. The zero-order valence-corrected chi connectivity index (χ0v) is 11.2. The average Bonchev–Trinajstić information content (AvgIpc) is 2.41. The Morgan fingerprint density at radius 2 is 2.16 bits per heavy atom. The smallest absolute Gasteiger partial charge is 0.491 e. The lowest BCUT2D eigenvalue weighted by Crippen LogP contribution is -2.34. The molecule has 0 spiro atoms. The third-order valence-corrected chi connectivity index (χ3v) is 3.86. The van der Waals surface area contributed by atoms with Crippen LogP contribution in [0.25, 0.3) is 0 Å². The molecule has 0 bridgehead atoms. The Morgan fingerprint density at radius 1 is 1.37 bits per heavy atom. The Balaban J connectivity index is 2.10. The number of halogens is 1. The summed E-state index contributed by atoms with van der Waals surface area (Å²) in [6, 6.07) is 3.86. The molecule has 2 unspecified atom stereocenters. The van der Waals surface area contributed by atoms with Gasteiger partial charge in [0.1, 0.15) is 11.6 Å². The van der Waals surface area contributed by atoms with Gasteiger partial charge in [0, 0.05) is 5.46 Å². The average molecular weight is 266 g/mol. The Labute approximate surface area is 113 Å². The van der Waals surface area contributed by atoms with Crippen LogP contribution in [-0.2, 0) is 0 Å². The van der Waals surface area contributed by atoms with E-state index in [1.807, 2.05) is 0 Å². The van der Waals surface area contributed by atoms with Gasteiger partial charge in [-0.25, -0.2) is 4.39 Å². The van der Waals surface area contributed by atoms with Crippen LogP contribution in [0.15, 0.2) is 18.2 Å². The van der Waals surface area contributed by atoms with Crippen molar-refractivity contribution in [2.45, 2.75) is 45.1 Å². The summed E-state index contributed by atoms with van der Waals surface area (Å²) in [5.41, 5.74) is 0.0959. The second kappa shape index (κ2) is 6.39. The Bertz CT molecular complexity index is 425. The second-order valence-corrected chi connectivity index (χ2v) is 5.24. The van der Waals surface area contributed by atoms with E-state index >= 15 is 0 Å². The van der Waals surface area contributed by atoms with Crippen LogP contribution in [0, 0.1) is 11.7 Å². The molecule has 1 aliphatic carbocycles. The molecule has 2 N–H and O–H groups in total. The molecule has 0 aromatic heterocycles. The van der Waals surface area contributed by atoms with E-state index in [0.29, 0.717) is 11.7 Å². The Kier molecular flexibility index (Phi) is 4.83. The molecule has 0 radical (unpaired) electrons. The van der Waals surface area contributed by atoms with Gasteiger partial charge < -0.3 is 14.8 Å². The molecule has 0 amide bonds. The number of rotatable bonds is 4. The van der Waals surface area contributed by atoms with E-state index in [-0.39, 0.29) is 11.6 Å². The summed E-state index contributed by atoms with van der Waals surface area (Å²) in [7, 11) is -1.71. The van der Waals surface area contributed by atoms with Crippen molar-refractivity contribution in [1.82, 2.24) is 0 Å². The van der Waals surface area contributed by atoms with E-state index in [1.54, 1.807) is 0 Å². The molecule has 0 saturated heterocycles. The molecule has 1 aliphatic rings. The van der Waals surface area contributed by atoms with Crippen molar-refractivity contribution in [3.05, 3.63) is 24.0 Å². The maximum absolute atomic E-state index is 13.1. The van der Waals surface area contributed by atoms with E-state index in [0.717, 1.165) is 31.7 Å².